The molecule has 3 nitrogen and oxygen atoms in total. The molecule has 0 aromatic rings. The van der Waals surface area contributed by atoms with Gasteiger partial charge < -0.3 is 9.84 Å². The van der Waals surface area contributed by atoms with E-state index in [-0.39, 0.29) is 11.9 Å². The van der Waals surface area contributed by atoms with E-state index in [1.54, 1.807) is 0 Å². The van der Waals surface area contributed by atoms with Crippen LogP contribution in [0.3, 0.4) is 0 Å². The monoisotopic (exact) mass is 230 g/mol. The number of aliphatic hydroxyl groups is 1. The van der Waals surface area contributed by atoms with E-state index in [1.807, 2.05) is 13.8 Å². The van der Waals surface area contributed by atoms with E-state index in [4.69, 9.17) is 9.84 Å². The zero-order chi connectivity index (χ0) is 13.3. The van der Waals surface area contributed by atoms with Gasteiger partial charge in [0.05, 0.1) is 12.5 Å². The Kier molecular flexibility index (Phi) is 10.3. The van der Waals surface area contributed by atoms with E-state index in [0.717, 1.165) is 7.11 Å². The van der Waals surface area contributed by atoms with E-state index < -0.39 is 0 Å². The van der Waals surface area contributed by atoms with Gasteiger partial charge in [-0.05, 0) is 27.7 Å². The molecule has 2 unspecified atom stereocenters. The van der Waals surface area contributed by atoms with Crippen molar-refractivity contribution in [1.29, 1.82) is 0 Å². The van der Waals surface area contributed by atoms with E-state index >= 15 is 0 Å². The Labute approximate surface area is 99.5 Å². The lowest BCUT2D eigenvalue weighted by Crippen LogP contribution is -2.07. The number of carbonyl (C=O) groups is 1. The summed E-state index contributed by atoms with van der Waals surface area (Å²) in [6.07, 6.45) is 0. The number of esters is 1. The fourth-order valence-corrected chi connectivity index (χ4v) is 0.722. The average Bonchev–Trinajstić information content (AvgIpc) is 2.53. The molecule has 3 heteroatoms. The average molecular weight is 230 g/mol. The summed E-state index contributed by atoms with van der Waals surface area (Å²) in [6, 6.07) is 0. The molecule has 1 N–H and O–H groups in total. The summed E-state index contributed by atoms with van der Waals surface area (Å²) in [5.41, 5.74) is 2.85. The molecule has 0 saturated carbocycles. The van der Waals surface area contributed by atoms with Gasteiger partial charge in [-0.1, -0.05) is 25.0 Å². The lowest BCUT2D eigenvalue weighted by atomic mass is 10.0. The van der Waals surface area contributed by atoms with Crippen LogP contribution in [-0.4, -0.2) is 24.8 Å². The van der Waals surface area contributed by atoms with Crippen LogP contribution in [0.5, 0.6) is 0 Å². The van der Waals surface area contributed by atoms with Crippen LogP contribution in [0.1, 0.15) is 41.5 Å². The van der Waals surface area contributed by atoms with Gasteiger partial charge in [-0.15, -0.1) is 0 Å². The maximum atomic E-state index is 10.6. The molecule has 16 heavy (non-hydrogen) atoms. The molecule has 1 heterocycles. The van der Waals surface area contributed by atoms with Crippen molar-refractivity contribution in [2.45, 2.75) is 41.5 Å². The Morgan fingerprint density at radius 1 is 1.12 bits per heavy atom. The molecule has 0 spiro atoms. The zero-order valence-electron chi connectivity index (χ0n) is 11.6. The minimum atomic E-state index is -0.0440. The maximum Gasteiger partial charge on any atom is 0.309 e. The molecule has 1 aliphatic heterocycles. The largest absolute Gasteiger partial charge is 0.465 e. The van der Waals surface area contributed by atoms with Crippen LogP contribution in [0, 0.1) is 11.8 Å². The predicted octanol–water partition coefficient (Wildman–Crippen LogP) is 2.79. The highest BCUT2D eigenvalue weighted by Crippen LogP contribution is 2.19. The highest BCUT2D eigenvalue weighted by molar-refractivity contribution is 5.74. The van der Waals surface area contributed by atoms with Crippen molar-refractivity contribution in [1.82, 2.24) is 0 Å². The first-order chi connectivity index (χ1) is 7.36. The highest BCUT2D eigenvalue weighted by atomic mass is 16.5. The predicted molar refractivity (Wildman–Crippen MR) is 67.2 cm³/mol. The van der Waals surface area contributed by atoms with E-state index in [2.05, 4.69) is 27.7 Å². The Morgan fingerprint density at radius 2 is 1.50 bits per heavy atom. The molecule has 1 saturated heterocycles. The van der Waals surface area contributed by atoms with Crippen LogP contribution in [-0.2, 0) is 9.53 Å². The summed E-state index contributed by atoms with van der Waals surface area (Å²) >= 11 is 0. The number of allylic oxidation sites excluding steroid dienone is 2. The number of ether oxygens (including phenoxy) is 1. The lowest BCUT2D eigenvalue weighted by molar-refractivity contribution is -0.140. The fourth-order valence-electron chi connectivity index (χ4n) is 0.722. The summed E-state index contributed by atoms with van der Waals surface area (Å²) in [6.45, 7) is 13.0. The van der Waals surface area contributed by atoms with Crippen molar-refractivity contribution in [2.75, 3.05) is 13.7 Å². The first-order valence-corrected chi connectivity index (χ1v) is 5.58. The molecule has 0 radical (unpaired) electrons. The minimum absolute atomic E-state index is 0.0440. The molecule has 96 valence electrons. The molecule has 1 rings (SSSR count). The first kappa shape index (κ1) is 17.6. The van der Waals surface area contributed by atoms with Crippen LogP contribution >= 0.6 is 0 Å². The highest BCUT2D eigenvalue weighted by Gasteiger charge is 2.28. The van der Waals surface area contributed by atoms with E-state index in [9.17, 15) is 4.79 Å². The van der Waals surface area contributed by atoms with Crippen molar-refractivity contribution in [3.8, 4) is 0 Å². The van der Waals surface area contributed by atoms with Crippen molar-refractivity contribution in [3.63, 3.8) is 0 Å². The molecule has 0 amide bonds. The van der Waals surface area contributed by atoms with Crippen molar-refractivity contribution < 1.29 is 14.6 Å². The van der Waals surface area contributed by atoms with E-state index in [1.165, 1.54) is 11.1 Å². The summed E-state index contributed by atoms with van der Waals surface area (Å²) < 4.78 is 4.74. The molecular formula is C13H26O3. The van der Waals surface area contributed by atoms with Gasteiger partial charge in [-0.3, -0.25) is 4.79 Å². The van der Waals surface area contributed by atoms with Crippen molar-refractivity contribution in [3.05, 3.63) is 11.1 Å². The van der Waals surface area contributed by atoms with Crippen LogP contribution < -0.4 is 0 Å². The number of hydrogen-bond acceptors (Lipinski definition) is 3. The molecule has 0 aliphatic carbocycles. The molecule has 0 bridgehead atoms. The standard InChI is InChI=1S/C6H10O2.C6H12.CH4O/c1-4-3-8-6(7)5(4)2;1-5(2)6(3)4;1-2/h4-5H,3H2,1-2H3;1-4H3;2H,1H3. The second-order valence-corrected chi connectivity index (χ2v) is 4.40. The third kappa shape index (κ3) is 7.46. The van der Waals surface area contributed by atoms with Crippen LogP contribution in [0.4, 0.5) is 0 Å². The Morgan fingerprint density at radius 3 is 1.56 bits per heavy atom. The number of hydrogen-bond donors (Lipinski definition) is 1. The number of cyclic esters (lactones) is 1. The Balaban J connectivity index is 0. The van der Waals surface area contributed by atoms with Gasteiger partial charge >= 0.3 is 5.97 Å². The molecule has 0 aromatic heterocycles. The first-order valence-electron chi connectivity index (χ1n) is 5.58. The molecular weight excluding hydrogens is 204 g/mol. The van der Waals surface area contributed by atoms with Crippen LogP contribution in [0.15, 0.2) is 11.1 Å². The maximum absolute atomic E-state index is 10.6. The van der Waals surface area contributed by atoms with Gasteiger partial charge in [0, 0.05) is 13.0 Å². The van der Waals surface area contributed by atoms with Crippen LogP contribution in [0.25, 0.3) is 0 Å². The molecule has 1 aliphatic rings. The normalized spacial score (nSPS) is 22.1. The van der Waals surface area contributed by atoms with Crippen molar-refractivity contribution >= 4 is 5.97 Å². The second kappa shape index (κ2) is 9.40. The number of aliphatic hydroxyl groups excluding tert-OH is 1. The Bertz CT molecular complexity index is 213. The summed E-state index contributed by atoms with van der Waals surface area (Å²) in [5, 5.41) is 7.00. The molecule has 1 fully saturated rings. The summed E-state index contributed by atoms with van der Waals surface area (Å²) in [7, 11) is 1.00. The van der Waals surface area contributed by atoms with Crippen LogP contribution in [0.2, 0.25) is 0 Å². The van der Waals surface area contributed by atoms with Gasteiger partial charge in [0.2, 0.25) is 0 Å². The topological polar surface area (TPSA) is 46.5 Å². The van der Waals surface area contributed by atoms with Gasteiger partial charge in [-0.25, -0.2) is 0 Å². The Hall–Kier alpha value is -0.830. The smallest absolute Gasteiger partial charge is 0.309 e. The summed E-state index contributed by atoms with van der Waals surface area (Å²) in [4.78, 5) is 10.6. The fraction of sp³-hybridized carbons (Fsp3) is 0.769. The minimum Gasteiger partial charge on any atom is -0.465 e. The SMILES string of the molecule is CC(C)=C(C)C.CC1COC(=O)C1C.CO. The second-order valence-electron chi connectivity index (χ2n) is 4.40. The lowest BCUT2D eigenvalue weighted by Gasteiger charge is -1.98. The van der Waals surface area contributed by atoms with Gasteiger partial charge in [0.25, 0.3) is 0 Å². The van der Waals surface area contributed by atoms with Crippen molar-refractivity contribution in [2.24, 2.45) is 11.8 Å². The summed E-state index contributed by atoms with van der Waals surface area (Å²) in [5.74, 6) is 0.495. The third-order valence-electron chi connectivity index (χ3n) is 2.71. The number of carbonyl (C=O) groups excluding carboxylic acids is 1. The van der Waals surface area contributed by atoms with Gasteiger partial charge in [0.15, 0.2) is 0 Å². The van der Waals surface area contributed by atoms with E-state index in [0.29, 0.717) is 12.5 Å². The molecule has 0 aromatic carbocycles. The quantitative estimate of drug-likeness (QED) is 0.514. The zero-order valence-corrected chi connectivity index (χ0v) is 11.6. The van der Waals surface area contributed by atoms with Gasteiger partial charge in [-0.2, -0.15) is 0 Å². The van der Waals surface area contributed by atoms with Gasteiger partial charge in [0.1, 0.15) is 0 Å². The molecule has 2 atom stereocenters. The number of rotatable bonds is 0. The third-order valence-corrected chi connectivity index (χ3v) is 2.71.